The first-order valence-electron chi connectivity index (χ1n) is 7.23. The van der Waals surface area contributed by atoms with Crippen LogP contribution in [0.1, 0.15) is 24.3 Å². The van der Waals surface area contributed by atoms with Crippen LogP contribution >= 0.6 is 0 Å². The van der Waals surface area contributed by atoms with Gasteiger partial charge < -0.3 is 10.6 Å². The van der Waals surface area contributed by atoms with Gasteiger partial charge in [0.25, 0.3) is 0 Å². The van der Waals surface area contributed by atoms with Crippen LogP contribution in [0.15, 0.2) is 36.9 Å². The number of fused-ring (bicyclic) bond motifs is 1. The molecule has 0 unspecified atom stereocenters. The van der Waals surface area contributed by atoms with Crippen LogP contribution in [-0.4, -0.2) is 33.1 Å². The van der Waals surface area contributed by atoms with Gasteiger partial charge >= 0.3 is 0 Å². The largest absolute Gasteiger partial charge is 0.355 e. The molecule has 2 aromatic rings. The molecule has 0 bridgehead atoms. The summed E-state index contributed by atoms with van der Waals surface area (Å²) in [6.45, 7) is 1.24. The van der Waals surface area contributed by atoms with Crippen LogP contribution in [0.4, 0.5) is 5.69 Å². The number of aryl methyl sites for hydroxylation is 1. The van der Waals surface area contributed by atoms with Crippen molar-refractivity contribution >= 4 is 17.5 Å². The summed E-state index contributed by atoms with van der Waals surface area (Å²) >= 11 is 0. The van der Waals surface area contributed by atoms with Gasteiger partial charge in [-0.15, -0.1) is 0 Å². The van der Waals surface area contributed by atoms with Crippen molar-refractivity contribution in [3.63, 3.8) is 0 Å². The minimum absolute atomic E-state index is 0.110. The summed E-state index contributed by atoms with van der Waals surface area (Å²) in [5, 5.41) is 9.69. The van der Waals surface area contributed by atoms with E-state index in [0.717, 1.165) is 17.7 Å². The average molecular weight is 299 g/mol. The number of carbonyl (C=O) groups is 2. The summed E-state index contributed by atoms with van der Waals surface area (Å²) in [7, 11) is 0. The topological polar surface area (TPSA) is 88.9 Å². The second-order valence-corrected chi connectivity index (χ2v) is 5.20. The van der Waals surface area contributed by atoms with E-state index in [1.807, 2.05) is 24.3 Å². The molecule has 2 heterocycles. The molecule has 0 aliphatic carbocycles. The highest BCUT2D eigenvalue weighted by molar-refractivity contribution is 6.01. The van der Waals surface area contributed by atoms with Gasteiger partial charge in [0.2, 0.25) is 11.8 Å². The predicted octanol–water partition coefficient (Wildman–Crippen LogP) is 0.910. The molecule has 0 spiro atoms. The van der Waals surface area contributed by atoms with E-state index in [2.05, 4.69) is 20.7 Å². The van der Waals surface area contributed by atoms with E-state index in [-0.39, 0.29) is 18.2 Å². The molecule has 1 atom stereocenters. The zero-order valence-corrected chi connectivity index (χ0v) is 12.0. The second-order valence-electron chi connectivity index (χ2n) is 5.20. The fourth-order valence-corrected chi connectivity index (χ4v) is 2.57. The van der Waals surface area contributed by atoms with E-state index in [1.165, 1.54) is 6.33 Å². The number of nitrogens with zero attached hydrogens (tertiary/aromatic N) is 3. The molecule has 3 rings (SSSR count). The minimum Gasteiger partial charge on any atom is -0.355 e. The number of anilines is 1. The standard InChI is InChI=1S/C15H17N5O2/c21-14-8-12(11-4-1-2-5-13(11)19-14)15(22)17-6-3-7-20-10-16-9-18-20/h1-2,4-5,9-10,12H,3,6-8H2,(H,17,22)(H,19,21)/t12-/m0/s1. The number of nitrogens with one attached hydrogen (secondary N) is 2. The lowest BCUT2D eigenvalue weighted by Gasteiger charge is -2.24. The Bertz CT molecular complexity index is 668. The van der Waals surface area contributed by atoms with E-state index in [9.17, 15) is 9.59 Å². The number of hydrogen-bond acceptors (Lipinski definition) is 4. The van der Waals surface area contributed by atoms with Crippen LogP contribution in [0.25, 0.3) is 0 Å². The number of benzene rings is 1. The molecule has 0 saturated heterocycles. The molecule has 0 saturated carbocycles. The van der Waals surface area contributed by atoms with Crippen molar-refractivity contribution in [2.24, 2.45) is 0 Å². The molecule has 2 amide bonds. The Balaban J connectivity index is 1.57. The fourth-order valence-electron chi connectivity index (χ4n) is 2.57. The van der Waals surface area contributed by atoms with Gasteiger partial charge in [-0.05, 0) is 18.1 Å². The summed E-state index contributed by atoms with van der Waals surface area (Å²) in [6, 6.07) is 7.42. The van der Waals surface area contributed by atoms with Gasteiger partial charge in [0.15, 0.2) is 0 Å². The van der Waals surface area contributed by atoms with Crippen molar-refractivity contribution in [3.05, 3.63) is 42.5 Å². The highest BCUT2D eigenvalue weighted by Gasteiger charge is 2.29. The lowest BCUT2D eigenvalue weighted by molar-refractivity contribution is -0.126. The maximum atomic E-state index is 12.3. The molecule has 7 heteroatoms. The Morgan fingerprint density at radius 1 is 1.41 bits per heavy atom. The normalized spacial score (nSPS) is 16.7. The third-order valence-corrected chi connectivity index (χ3v) is 3.65. The fraction of sp³-hybridized carbons (Fsp3) is 0.333. The lowest BCUT2D eigenvalue weighted by atomic mass is 9.90. The van der Waals surface area contributed by atoms with Crippen molar-refractivity contribution in [1.29, 1.82) is 0 Å². The number of amides is 2. The third-order valence-electron chi connectivity index (χ3n) is 3.65. The maximum Gasteiger partial charge on any atom is 0.228 e. The minimum atomic E-state index is -0.420. The maximum absolute atomic E-state index is 12.3. The third kappa shape index (κ3) is 3.13. The Kier molecular flexibility index (Phi) is 4.13. The SMILES string of the molecule is O=C1C[C@H](C(=O)NCCCn2cncn2)c2ccccc2N1. The van der Waals surface area contributed by atoms with Gasteiger partial charge in [-0.1, -0.05) is 18.2 Å². The summed E-state index contributed by atoms with van der Waals surface area (Å²) in [4.78, 5) is 27.9. The number of para-hydroxylation sites is 1. The molecular weight excluding hydrogens is 282 g/mol. The average Bonchev–Trinajstić information content (AvgIpc) is 3.04. The highest BCUT2D eigenvalue weighted by atomic mass is 16.2. The van der Waals surface area contributed by atoms with Gasteiger partial charge in [-0.25, -0.2) is 4.98 Å². The lowest BCUT2D eigenvalue weighted by Crippen LogP contribution is -2.35. The molecule has 7 nitrogen and oxygen atoms in total. The number of aromatic nitrogens is 3. The van der Waals surface area contributed by atoms with E-state index < -0.39 is 5.92 Å². The summed E-state index contributed by atoms with van der Waals surface area (Å²) in [5.41, 5.74) is 1.59. The molecule has 22 heavy (non-hydrogen) atoms. The van der Waals surface area contributed by atoms with E-state index in [1.54, 1.807) is 11.0 Å². The van der Waals surface area contributed by atoms with Crippen LogP contribution in [-0.2, 0) is 16.1 Å². The zero-order chi connectivity index (χ0) is 15.4. The Morgan fingerprint density at radius 2 is 2.27 bits per heavy atom. The van der Waals surface area contributed by atoms with Crippen LogP contribution in [0.2, 0.25) is 0 Å². The Hall–Kier alpha value is -2.70. The van der Waals surface area contributed by atoms with Crippen molar-refractivity contribution in [3.8, 4) is 0 Å². The van der Waals surface area contributed by atoms with Gasteiger partial charge in [-0.2, -0.15) is 5.10 Å². The smallest absolute Gasteiger partial charge is 0.228 e. The molecule has 1 aliphatic rings. The van der Waals surface area contributed by atoms with Crippen LogP contribution in [0.5, 0.6) is 0 Å². The molecule has 1 aliphatic heterocycles. The van der Waals surface area contributed by atoms with E-state index in [4.69, 9.17) is 0 Å². The summed E-state index contributed by atoms with van der Waals surface area (Å²) < 4.78 is 1.72. The Morgan fingerprint density at radius 3 is 3.09 bits per heavy atom. The first-order valence-corrected chi connectivity index (χ1v) is 7.23. The van der Waals surface area contributed by atoms with Crippen LogP contribution in [0.3, 0.4) is 0 Å². The first-order chi connectivity index (χ1) is 10.7. The zero-order valence-electron chi connectivity index (χ0n) is 12.0. The number of rotatable bonds is 5. The van der Waals surface area contributed by atoms with Crippen molar-refractivity contribution in [1.82, 2.24) is 20.1 Å². The van der Waals surface area contributed by atoms with E-state index >= 15 is 0 Å². The van der Waals surface area contributed by atoms with Gasteiger partial charge in [-0.3, -0.25) is 14.3 Å². The van der Waals surface area contributed by atoms with Crippen molar-refractivity contribution < 1.29 is 9.59 Å². The number of hydrogen-bond donors (Lipinski definition) is 2. The molecular formula is C15H17N5O2. The molecule has 0 radical (unpaired) electrons. The molecule has 0 fully saturated rings. The van der Waals surface area contributed by atoms with Crippen LogP contribution in [0, 0.1) is 0 Å². The number of carbonyl (C=O) groups excluding carboxylic acids is 2. The van der Waals surface area contributed by atoms with Crippen molar-refractivity contribution in [2.45, 2.75) is 25.3 Å². The van der Waals surface area contributed by atoms with Crippen molar-refractivity contribution in [2.75, 3.05) is 11.9 Å². The van der Waals surface area contributed by atoms with E-state index in [0.29, 0.717) is 13.1 Å². The Labute approximate surface area is 127 Å². The predicted molar refractivity (Wildman–Crippen MR) is 80.1 cm³/mol. The van der Waals surface area contributed by atoms with Gasteiger partial charge in [0, 0.05) is 25.2 Å². The van der Waals surface area contributed by atoms with Crippen LogP contribution < -0.4 is 10.6 Å². The highest BCUT2D eigenvalue weighted by Crippen LogP contribution is 2.31. The molecule has 1 aromatic carbocycles. The van der Waals surface area contributed by atoms with Gasteiger partial charge in [0.05, 0.1) is 5.92 Å². The quantitative estimate of drug-likeness (QED) is 0.803. The first kappa shape index (κ1) is 14.2. The van der Waals surface area contributed by atoms with Gasteiger partial charge in [0.1, 0.15) is 12.7 Å². The summed E-state index contributed by atoms with van der Waals surface area (Å²) in [6.07, 6.45) is 4.07. The summed E-state index contributed by atoms with van der Waals surface area (Å²) in [5.74, 6) is -0.654. The second kappa shape index (κ2) is 6.38. The molecule has 1 aromatic heterocycles. The monoisotopic (exact) mass is 299 g/mol. The molecule has 2 N–H and O–H groups in total. The molecule has 114 valence electrons.